The Morgan fingerprint density at radius 3 is 2.86 bits per heavy atom. The summed E-state index contributed by atoms with van der Waals surface area (Å²) >= 11 is 1.38. The normalized spacial score (nSPS) is 9.67. The summed E-state index contributed by atoms with van der Waals surface area (Å²) in [7, 11) is 3.86. The fourth-order valence-corrected chi connectivity index (χ4v) is 2.57. The Bertz CT molecular complexity index is 696. The van der Waals surface area contributed by atoms with Crippen LogP contribution in [0.5, 0.6) is 0 Å². The van der Waals surface area contributed by atoms with E-state index in [1.54, 1.807) is 11.4 Å². The van der Waals surface area contributed by atoms with Crippen LogP contribution in [-0.4, -0.2) is 31.7 Å². The first kappa shape index (κ1) is 15.1. The number of benzene rings is 1. The van der Waals surface area contributed by atoms with Gasteiger partial charge in [-0.05, 0) is 18.2 Å². The van der Waals surface area contributed by atoms with E-state index in [4.69, 9.17) is 5.11 Å². The molecule has 0 spiro atoms. The van der Waals surface area contributed by atoms with Gasteiger partial charge in [-0.2, -0.15) is 0 Å². The van der Waals surface area contributed by atoms with Gasteiger partial charge in [0, 0.05) is 19.5 Å². The van der Waals surface area contributed by atoms with Gasteiger partial charge in [0.05, 0.1) is 21.8 Å². The maximum Gasteiger partial charge on any atom is 0.256 e. The largest absolute Gasteiger partial charge is 0.384 e. The maximum atomic E-state index is 12.3. The Labute approximate surface area is 128 Å². The van der Waals surface area contributed by atoms with Gasteiger partial charge in [0.1, 0.15) is 6.61 Å². The smallest absolute Gasteiger partial charge is 0.256 e. The van der Waals surface area contributed by atoms with Crippen molar-refractivity contribution in [3.63, 3.8) is 0 Å². The monoisotopic (exact) mass is 300 g/mol. The Morgan fingerprint density at radius 2 is 2.14 bits per heavy atom. The van der Waals surface area contributed by atoms with E-state index < -0.39 is 0 Å². The number of hydrogen-bond acceptors (Lipinski definition) is 4. The molecule has 0 fully saturated rings. The van der Waals surface area contributed by atoms with E-state index in [0.717, 1.165) is 16.3 Å². The summed E-state index contributed by atoms with van der Waals surface area (Å²) in [6.45, 7) is -0.185. The van der Waals surface area contributed by atoms with Crippen molar-refractivity contribution >= 4 is 28.6 Å². The topological polar surface area (TPSA) is 52.6 Å². The van der Waals surface area contributed by atoms with Crippen molar-refractivity contribution in [2.45, 2.75) is 0 Å². The molecule has 1 aromatic heterocycles. The highest BCUT2D eigenvalue weighted by Crippen LogP contribution is 2.24. The lowest BCUT2D eigenvalue weighted by Crippen LogP contribution is -2.16. The molecule has 1 heterocycles. The van der Waals surface area contributed by atoms with Crippen LogP contribution < -0.4 is 10.2 Å². The Kier molecular flexibility index (Phi) is 4.99. The number of hydrogen-bond donors (Lipinski definition) is 2. The van der Waals surface area contributed by atoms with Crippen LogP contribution in [0.25, 0.3) is 0 Å². The highest BCUT2D eigenvalue weighted by atomic mass is 32.1. The zero-order valence-corrected chi connectivity index (χ0v) is 12.7. The lowest BCUT2D eigenvalue weighted by atomic mass is 10.2. The van der Waals surface area contributed by atoms with Crippen LogP contribution in [0.2, 0.25) is 0 Å². The molecule has 0 aliphatic carbocycles. The fraction of sp³-hybridized carbons (Fsp3) is 0.188. The average Bonchev–Trinajstić information content (AvgIpc) is 2.94. The molecule has 0 radical (unpaired) electrons. The third-order valence-corrected chi connectivity index (χ3v) is 3.63. The molecule has 0 atom stereocenters. The van der Waals surface area contributed by atoms with E-state index in [-0.39, 0.29) is 12.5 Å². The summed E-state index contributed by atoms with van der Waals surface area (Å²) in [6, 6.07) is 9.35. The first-order chi connectivity index (χ1) is 10.1. The van der Waals surface area contributed by atoms with Gasteiger partial charge in [-0.3, -0.25) is 4.79 Å². The number of para-hydroxylation sites is 2. The molecule has 2 N–H and O–H groups in total. The van der Waals surface area contributed by atoms with Crippen LogP contribution in [0.1, 0.15) is 15.2 Å². The molecule has 0 saturated heterocycles. The molecule has 1 amide bonds. The predicted octanol–water partition coefficient (Wildman–Crippen LogP) is 2.41. The van der Waals surface area contributed by atoms with Crippen LogP contribution in [0.15, 0.2) is 35.7 Å². The van der Waals surface area contributed by atoms with Crippen molar-refractivity contribution in [2.75, 3.05) is 30.9 Å². The number of thiophene rings is 1. The van der Waals surface area contributed by atoms with E-state index in [1.807, 2.05) is 43.3 Å². The molecule has 21 heavy (non-hydrogen) atoms. The first-order valence-electron chi connectivity index (χ1n) is 6.38. The molecule has 5 heteroatoms. The minimum absolute atomic E-state index is 0.169. The molecule has 1 aromatic carbocycles. The molecule has 2 rings (SSSR count). The van der Waals surface area contributed by atoms with Gasteiger partial charge in [-0.25, -0.2) is 0 Å². The van der Waals surface area contributed by atoms with Crippen molar-refractivity contribution in [3.05, 3.63) is 46.2 Å². The highest BCUT2D eigenvalue weighted by Gasteiger charge is 2.11. The first-order valence-corrected chi connectivity index (χ1v) is 7.25. The number of carbonyl (C=O) groups is 1. The summed E-state index contributed by atoms with van der Waals surface area (Å²) in [5.74, 6) is 5.19. The molecule has 0 bridgehead atoms. The van der Waals surface area contributed by atoms with Gasteiger partial charge in [0.15, 0.2) is 0 Å². The summed E-state index contributed by atoms with van der Waals surface area (Å²) in [5, 5.41) is 13.3. The molecule has 0 aliphatic heterocycles. The molecule has 108 valence electrons. The van der Waals surface area contributed by atoms with Crippen LogP contribution in [-0.2, 0) is 0 Å². The van der Waals surface area contributed by atoms with Crippen molar-refractivity contribution < 1.29 is 9.90 Å². The number of carbonyl (C=O) groups excluding carboxylic acids is 1. The summed E-state index contributed by atoms with van der Waals surface area (Å²) in [6.07, 6.45) is 0. The lowest BCUT2D eigenvalue weighted by molar-refractivity contribution is 0.102. The zero-order chi connectivity index (χ0) is 15.2. The van der Waals surface area contributed by atoms with Crippen LogP contribution in [0.4, 0.5) is 11.4 Å². The van der Waals surface area contributed by atoms with Gasteiger partial charge < -0.3 is 15.3 Å². The maximum absolute atomic E-state index is 12.3. The number of anilines is 2. The standard InChI is InChI=1S/C16H16N2O2S/c1-18(2)15-8-4-3-7-14(15)17-16(20)12-10-13(21-11-12)6-5-9-19/h3-4,7-8,10-11,19H,9H2,1-2H3,(H,17,20). The SMILES string of the molecule is CN(C)c1ccccc1NC(=O)c1csc(C#CCO)c1. The van der Waals surface area contributed by atoms with Gasteiger partial charge in [0.2, 0.25) is 0 Å². The third-order valence-electron chi connectivity index (χ3n) is 2.79. The number of nitrogens with zero attached hydrogens (tertiary/aromatic N) is 1. The van der Waals surface area contributed by atoms with Crippen molar-refractivity contribution in [2.24, 2.45) is 0 Å². The molecular formula is C16H16N2O2S. The van der Waals surface area contributed by atoms with Gasteiger partial charge in [0.25, 0.3) is 5.91 Å². The zero-order valence-electron chi connectivity index (χ0n) is 11.9. The minimum atomic E-state index is -0.185. The summed E-state index contributed by atoms with van der Waals surface area (Å²) in [4.78, 5) is 15.0. The fourth-order valence-electron chi connectivity index (χ4n) is 1.81. The molecular weight excluding hydrogens is 284 g/mol. The number of nitrogens with one attached hydrogen (secondary N) is 1. The lowest BCUT2D eigenvalue weighted by Gasteiger charge is -2.17. The highest BCUT2D eigenvalue weighted by molar-refractivity contribution is 7.10. The second-order valence-electron chi connectivity index (χ2n) is 4.53. The predicted molar refractivity (Wildman–Crippen MR) is 87.0 cm³/mol. The van der Waals surface area contributed by atoms with Crippen molar-refractivity contribution in [1.29, 1.82) is 0 Å². The Hall–Kier alpha value is -2.29. The average molecular weight is 300 g/mol. The van der Waals surface area contributed by atoms with E-state index in [2.05, 4.69) is 17.2 Å². The van der Waals surface area contributed by atoms with Crippen LogP contribution >= 0.6 is 11.3 Å². The van der Waals surface area contributed by atoms with Crippen molar-refractivity contribution in [1.82, 2.24) is 0 Å². The van der Waals surface area contributed by atoms with E-state index in [9.17, 15) is 4.79 Å². The second-order valence-corrected chi connectivity index (χ2v) is 5.44. The summed E-state index contributed by atoms with van der Waals surface area (Å²) < 4.78 is 0. The Balaban J connectivity index is 2.17. The third kappa shape index (κ3) is 3.85. The van der Waals surface area contributed by atoms with Crippen molar-refractivity contribution in [3.8, 4) is 11.8 Å². The van der Waals surface area contributed by atoms with Crippen LogP contribution in [0, 0.1) is 11.8 Å². The summed E-state index contributed by atoms with van der Waals surface area (Å²) in [5.41, 5.74) is 2.28. The van der Waals surface area contributed by atoms with Gasteiger partial charge in [-0.15, -0.1) is 11.3 Å². The number of aliphatic hydroxyl groups is 1. The van der Waals surface area contributed by atoms with E-state index >= 15 is 0 Å². The van der Waals surface area contributed by atoms with E-state index in [0.29, 0.717) is 5.56 Å². The van der Waals surface area contributed by atoms with Crippen LogP contribution in [0.3, 0.4) is 0 Å². The molecule has 4 nitrogen and oxygen atoms in total. The minimum Gasteiger partial charge on any atom is -0.384 e. The van der Waals surface area contributed by atoms with E-state index in [1.165, 1.54) is 11.3 Å². The molecule has 0 aliphatic rings. The second kappa shape index (κ2) is 6.93. The molecule has 0 unspecified atom stereocenters. The quantitative estimate of drug-likeness (QED) is 0.856. The number of amides is 1. The van der Waals surface area contributed by atoms with Gasteiger partial charge >= 0.3 is 0 Å². The van der Waals surface area contributed by atoms with Gasteiger partial charge in [-0.1, -0.05) is 24.0 Å². The number of rotatable bonds is 3. The molecule has 0 saturated carbocycles. The number of aliphatic hydroxyl groups excluding tert-OH is 1. The Morgan fingerprint density at radius 1 is 1.38 bits per heavy atom. The molecule has 2 aromatic rings.